The highest BCUT2D eigenvalue weighted by Gasteiger charge is 2.47. The lowest BCUT2D eigenvalue weighted by Gasteiger charge is -2.56. The molecule has 1 aromatic rings. The first kappa shape index (κ1) is 11.8. The maximum atomic E-state index is 12.3. The van der Waals surface area contributed by atoms with Gasteiger partial charge in [0.05, 0.1) is 6.54 Å². The largest absolute Gasteiger partial charge is 0.408 e. The average molecular weight is 262 g/mol. The summed E-state index contributed by atoms with van der Waals surface area (Å²) in [5.74, 6) is 0.273. The minimum atomic E-state index is -4.29. The number of alkyl halides is 3. The van der Waals surface area contributed by atoms with Gasteiger partial charge in [-0.2, -0.15) is 13.2 Å². The number of likely N-dealkylation sites (tertiary alicyclic amines) is 1. The molecule has 0 unspecified atom stereocenters. The van der Waals surface area contributed by atoms with E-state index in [-0.39, 0.29) is 5.82 Å². The Morgan fingerprint density at radius 1 is 1.28 bits per heavy atom. The maximum Gasteiger partial charge on any atom is 0.408 e. The summed E-state index contributed by atoms with van der Waals surface area (Å²) in [6.07, 6.45) is -4.29. The summed E-state index contributed by atoms with van der Waals surface area (Å²) >= 11 is 0. The number of hydrogen-bond donors (Lipinski definition) is 1. The molecule has 2 saturated heterocycles. The number of tetrazole rings is 1. The molecule has 1 spiro atoms. The van der Waals surface area contributed by atoms with Crippen LogP contribution in [0, 0.1) is 5.41 Å². The Bertz CT molecular complexity index is 430. The molecule has 1 N–H and O–H groups in total. The van der Waals surface area contributed by atoms with Gasteiger partial charge in [-0.3, -0.25) is 4.90 Å². The van der Waals surface area contributed by atoms with Gasteiger partial charge in [-0.05, 0) is 10.4 Å². The van der Waals surface area contributed by atoms with Crippen LogP contribution >= 0.6 is 0 Å². The van der Waals surface area contributed by atoms with E-state index in [4.69, 9.17) is 0 Å². The lowest BCUT2D eigenvalue weighted by atomic mass is 9.74. The van der Waals surface area contributed by atoms with Crippen LogP contribution in [0.1, 0.15) is 5.82 Å². The summed E-state index contributed by atoms with van der Waals surface area (Å²) in [5, 5.41) is 13.6. The first-order valence-corrected chi connectivity index (χ1v) is 5.71. The van der Waals surface area contributed by atoms with Crippen molar-refractivity contribution in [2.24, 2.45) is 5.41 Å². The van der Waals surface area contributed by atoms with Crippen LogP contribution in [0.5, 0.6) is 0 Å². The van der Waals surface area contributed by atoms with Crippen LogP contribution in [0.4, 0.5) is 13.2 Å². The van der Waals surface area contributed by atoms with E-state index < -0.39 is 12.7 Å². The zero-order valence-corrected chi connectivity index (χ0v) is 9.61. The van der Waals surface area contributed by atoms with Gasteiger partial charge in [-0.15, -0.1) is 5.10 Å². The van der Waals surface area contributed by atoms with E-state index in [9.17, 15) is 13.2 Å². The van der Waals surface area contributed by atoms with Crippen molar-refractivity contribution in [3.8, 4) is 0 Å². The van der Waals surface area contributed by atoms with E-state index in [0.717, 1.165) is 30.9 Å². The predicted molar refractivity (Wildman–Crippen MR) is 54.5 cm³/mol. The molecule has 2 aliphatic heterocycles. The molecule has 3 heterocycles. The zero-order chi connectivity index (χ0) is 12.8. The third-order valence-corrected chi connectivity index (χ3v) is 3.42. The van der Waals surface area contributed by atoms with Gasteiger partial charge in [-0.1, -0.05) is 0 Å². The van der Waals surface area contributed by atoms with E-state index in [2.05, 4.69) is 25.7 Å². The second kappa shape index (κ2) is 3.89. The number of halogens is 3. The molecule has 100 valence electrons. The maximum absolute atomic E-state index is 12.3. The molecule has 0 amide bonds. The second-order valence-corrected chi connectivity index (χ2v) is 5.12. The molecule has 3 rings (SSSR count). The Kier molecular flexibility index (Phi) is 2.56. The molecule has 0 radical (unpaired) electrons. The molecule has 2 aliphatic rings. The molecule has 0 aliphatic carbocycles. The SMILES string of the molecule is FC(F)(F)Cn1nnnc1CN1CC2(CNC2)C1. The summed E-state index contributed by atoms with van der Waals surface area (Å²) in [6, 6.07) is 0. The van der Waals surface area contributed by atoms with Crippen molar-refractivity contribution < 1.29 is 13.2 Å². The quantitative estimate of drug-likeness (QED) is 0.806. The molecule has 0 bridgehead atoms. The fraction of sp³-hybridized carbons (Fsp3) is 0.889. The smallest absolute Gasteiger partial charge is 0.315 e. The van der Waals surface area contributed by atoms with Crippen molar-refractivity contribution in [3.05, 3.63) is 5.82 Å². The standard InChI is InChI=1S/C9H13F3N6/c10-9(11,12)6-18-7(14-15-16-18)1-17-4-8(5-17)2-13-3-8/h13H,1-6H2. The van der Waals surface area contributed by atoms with E-state index in [1.807, 2.05) is 0 Å². The summed E-state index contributed by atoms with van der Waals surface area (Å²) in [7, 11) is 0. The predicted octanol–water partition coefficient (Wildman–Crippen LogP) is -0.359. The van der Waals surface area contributed by atoms with Crippen molar-refractivity contribution in [2.45, 2.75) is 19.3 Å². The minimum absolute atomic E-state index is 0.273. The van der Waals surface area contributed by atoms with Crippen LogP contribution in [0.3, 0.4) is 0 Å². The van der Waals surface area contributed by atoms with Crippen LogP contribution < -0.4 is 5.32 Å². The number of rotatable bonds is 3. The Morgan fingerprint density at radius 2 is 2.00 bits per heavy atom. The fourth-order valence-corrected chi connectivity index (χ4v) is 2.55. The van der Waals surface area contributed by atoms with Crippen LogP contribution in [0.2, 0.25) is 0 Å². The highest BCUT2D eigenvalue weighted by atomic mass is 19.4. The molecule has 0 aromatic carbocycles. The molecular formula is C9H13F3N6. The van der Waals surface area contributed by atoms with Gasteiger partial charge >= 0.3 is 6.18 Å². The van der Waals surface area contributed by atoms with Gasteiger partial charge in [-0.25, -0.2) is 4.68 Å². The Hall–Kier alpha value is -1.22. The van der Waals surface area contributed by atoms with E-state index in [1.54, 1.807) is 0 Å². The van der Waals surface area contributed by atoms with Crippen LogP contribution in [-0.2, 0) is 13.1 Å². The third kappa shape index (κ3) is 2.19. The van der Waals surface area contributed by atoms with Gasteiger partial charge < -0.3 is 5.32 Å². The van der Waals surface area contributed by atoms with Gasteiger partial charge in [0.25, 0.3) is 0 Å². The van der Waals surface area contributed by atoms with Gasteiger partial charge in [0.2, 0.25) is 0 Å². The Balaban J connectivity index is 1.58. The lowest BCUT2D eigenvalue weighted by Crippen LogP contribution is -2.70. The molecule has 9 heteroatoms. The van der Waals surface area contributed by atoms with Crippen LogP contribution in [0.15, 0.2) is 0 Å². The topological polar surface area (TPSA) is 58.9 Å². The van der Waals surface area contributed by atoms with Crippen molar-refractivity contribution in [1.29, 1.82) is 0 Å². The Morgan fingerprint density at radius 3 is 2.56 bits per heavy atom. The summed E-state index contributed by atoms with van der Waals surface area (Å²) in [5.41, 5.74) is 0.350. The monoisotopic (exact) mass is 262 g/mol. The Labute approximate surface area is 101 Å². The molecule has 0 saturated carbocycles. The molecule has 6 nitrogen and oxygen atoms in total. The molecule has 18 heavy (non-hydrogen) atoms. The average Bonchev–Trinajstić information content (AvgIpc) is 2.52. The summed E-state index contributed by atoms with van der Waals surface area (Å²) < 4.78 is 37.7. The first-order chi connectivity index (χ1) is 8.46. The van der Waals surface area contributed by atoms with Crippen molar-refractivity contribution in [1.82, 2.24) is 30.4 Å². The molecule has 1 aromatic heterocycles. The normalized spacial score (nSPS) is 22.8. The van der Waals surface area contributed by atoms with E-state index >= 15 is 0 Å². The number of aromatic nitrogens is 4. The van der Waals surface area contributed by atoms with Gasteiger partial charge in [0, 0.05) is 31.6 Å². The van der Waals surface area contributed by atoms with Gasteiger partial charge in [0.15, 0.2) is 5.82 Å². The first-order valence-electron chi connectivity index (χ1n) is 5.71. The van der Waals surface area contributed by atoms with E-state index in [1.165, 1.54) is 0 Å². The number of hydrogen-bond acceptors (Lipinski definition) is 5. The third-order valence-electron chi connectivity index (χ3n) is 3.42. The van der Waals surface area contributed by atoms with Gasteiger partial charge in [0.1, 0.15) is 6.54 Å². The summed E-state index contributed by atoms with van der Waals surface area (Å²) in [6.45, 7) is 3.05. The number of nitrogens with zero attached hydrogens (tertiary/aromatic N) is 5. The lowest BCUT2D eigenvalue weighted by molar-refractivity contribution is -0.143. The van der Waals surface area contributed by atoms with Crippen molar-refractivity contribution >= 4 is 0 Å². The molecular weight excluding hydrogens is 249 g/mol. The number of nitrogens with one attached hydrogen (secondary N) is 1. The minimum Gasteiger partial charge on any atom is -0.315 e. The summed E-state index contributed by atoms with van der Waals surface area (Å²) in [4.78, 5) is 2.07. The second-order valence-electron chi connectivity index (χ2n) is 5.12. The fourth-order valence-electron chi connectivity index (χ4n) is 2.55. The zero-order valence-electron chi connectivity index (χ0n) is 9.61. The highest BCUT2D eigenvalue weighted by Crippen LogP contribution is 2.34. The van der Waals surface area contributed by atoms with Crippen molar-refractivity contribution in [3.63, 3.8) is 0 Å². The highest BCUT2D eigenvalue weighted by molar-refractivity contribution is 5.04. The van der Waals surface area contributed by atoms with Crippen LogP contribution in [0.25, 0.3) is 0 Å². The van der Waals surface area contributed by atoms with Crippen molar-refractivity contribution in [2.75, 3.05) is 26.2 Å². The molecule has 2 fully saturated rings. The van der Waals surface area contributed by atoms with Crippen LogP contribution in [-0.4, -0.2) is 57.5 Å². The molecule has 0 atom stereocenters. The van der Waals surface area contributed by atoms with E-state index in [0.29, 0.717) is 12.0 Å².